The number of carbonyl (C=O) groups excluding carboxylic acids is 1. The molecule has 160 valence electrons. The van der Waals surface area contributed by atoms with Crippen LogP contribution in [0.4, 0.5) is 5.13 Å². The van der Waals surface area contributed by atoms with Crippen LogP contribution in [0.15, 0.2) is 76.2 Å². The van der Waals surface area contributed by atoms with Gasteiger partial charge in [0.25, 0.3) is 0 Å². The highest BCUT2D eigenvalue weighted by atomic mass is 35.5. The maximum atomic E-state index is 13.1. The quantitative estimate of drug-likeness (QED) is 0.345. The first-order chi connectivity index (χ1) is 14.9. The highest BCUT2D eigenvalue weighted by Crippen LogP contribution is 2.30. The Hall–Kier alpha value is -2.68. The van der Waals surface area contributed by atoms with Gasteiger partial charge in [-0.15, -0.1) is 0 Å². The predicted molar refractivity (Wildman–Crippen MR) is 122 cm³/mol. The summed E-state index contributed by atoms with van der Waals surface area (Å²) < 4.78 is 31.5. The van der Waals surface area contributed by atoms with E-state index in [4.69, 9.17) is 16.0 Å². The minimum absolute atomic E-state index is 0.0729. The van der Waals surface area contributed by atoms with E-state index in [1.165, 1.54) is 35.6 Å². The molecule has 0 aliphatic heterocycles. The molecule has 0 bridgehead atoms. The third-order valence-corrected chi connectivity index (χ3v) is 7.81. The van der Waals surface area contributed by atoms with Crippen LogP contribution in [0.1, 0.15) is 18.6 Å². The van der Waals surface area contributed by atoms with Crippen LogP contribution in [0.2, 0.25) is 5.02 Å². The van der Waals surface area contributed by atoms with Crippen LogP contribution < -0.4 is 4.90 Å². The zero-order valence-electron chi connectivity index (χ0n) is 16.4. The molecule has 0 saturated carbocycles. The summed E-state index contributed by atoms with van der Waals surface area (Å²) in [6.07, 6.45) is 1.82. The van der Waals surface area contributed by atoms with E-state index in [0.29, 0.717) is 15.9 Å². The predicted octanol–water partition coefficient (Wildman–Crippen LogP) is 5.33. The molecule has 2 aromatic heterocycles. The first-order valence-corrected chi connectivity index (χ1v) is 12.4. The van der Waals surface area contributed by atoms with Gasteiger partial charge in [0.05, 0.1) is 33.7 Å². The molecule has 0 N–H and O–H groups in total. The fourth-order valence-electron chi connectivity index (χ4n) is 3.10. The van der Waals surface area contributed by atoms with E-state index in [-0.39, 0.29) is 35.9 Å². The van der Waals surface area contributed by atoms with Crippen molar-refractivity contribution in [1.29, 1.82) is 0 Å². The Bertz CT molecular complexity index is 1250. The largest absolute Gasteiger partial charge is 0.467 e. The molecule has 9 heteroatoms. The number of aromatic nitrogens is 1. The smallest absolute Gasteiger partial charge is 0.229 e. The van der Waals surface area contributed by atoms with Gasteiger partial charge in [0.1, 0.15) is 5.76 Å². The number of hydrogen-bond donors (Lipinski definition) is 0. The van der Waals surface area contributed by atoms with Gasteiger partial charge in [0.2, 0.25) is 5.91 Å². The van der Waals surface area contributed by atoms with E-state index >= 15 is 0 Å². The second-order valence-corrected chi connectivity index (χ2v) is 10.5. The third kappa shape index (κ3) is 5.15. The van der Waals surface area contributed by atoms with Crippen LogP contribution in [0.25, 0.3) is 10.2 Å². The van der Waals surface area contributed by atoms with E-state index in [1.54, 1.807) is 23.3 Å². The van der Waals surface area contributed by atoms with Gasteiger partial charge < -0.3 is 4.42 Å². The second kappa shape index (κ2) is 9.21. The molecule has 0 fully saturated rings. The molecule has 0 atom stereocenters. The number of furan rings is 1. The molecular weight excluding hydrogens is 456 g/mol. The topological polar surface area (TPSA) is 80.5 Å². The van der Waals surface area contributed by atoms with E-state index in [9.17, 15) is 13.2 Å². The summed E-state index contributed by atoms with van der Waals surface area (Å²) in [6.45, 7) is 0.232. The van der Waals surface area contributed by atoms with Gasteiger partial charge in [0.15, 0.2) is 15.0 Å². The van der Waals surface area contributed by atoms with Gasteiger partial charge in [-0.3, -0.25) is 9.69 Å². The summed E-state index contributed by atoms with van der Waals surface area (Å²) in [5.74, 6) is 0.289. The zero-order valence-corrected chi connectivity index (χ0v) is 18.8. The summed E-state index contributed by atoms with van der Waals surface area (Å²) in [5, 5.41) is 1.03. The van der Waals surface area contributed by atoms with E-state index in [1.807, 2.05) is 24.3 Å². The fraction of sp³-hybridized carbons (Fsp3) is 0.182. The molecular formula is C22H19ClN2O4S2. The first kappa shape index (κ1) is 21.5. The van der Waals surface area contributed by atoms with Crippen molar-refractivity contribution in [2.45, 2.75) is 24.3 Å². The van der Waals surface area contributed by atoms with Crippen molar-refractivity contribution < 1.29 is 17.6 Å². The van der Waals surface area contributed by atoms with Gasteiger partial charge >= 0.3 is 0 Å². The number of benzene rings is 2. The molecule has 1 amide bonds. The van der Waals surface area contributed by atoms with Crippen LogP contribution in [0.3, 0.4) is 0 Å². The molecule has 0 spiro atoms. The molecule has 2 heterocycles. The molecule has 4 aromatic rings. The van der Waals surface area contributed by atoms with Crippen molar-refractivity contribution in [1.82, 2.24) is 4.98 Å². The molecule has 4 rings (SSSR count). The molecule has 0 radical (unpaired) electrons. The number of carbonyl (C=O) groups is 1. The third-order valence-electron chi connectivity index (χ3n) is 4.69. The lowest BCUT2D eigenvalue weighted by Crippen LogP contribution is -2.30. The summed E-state index contributed by atoms with van der Waals surface area (Å²) in [5.41, 5.74) is 0.810. The number of sulfone groups is 1. The first-order valence-electron chi connectivity index (χ1n) is 9.59. The minimum atomic E-state index is -3.49. The Balaban J connectivity index is 1.48. The van der Waals surface area contributed by atoms with Crippen molar-refractivity contribution in [3.8, 4) is 0 Å². The fourth-order valence-corrected chi connectivity index (χ4v) is 5.52. The van der Waals surface area contributed by atoms with Gasteiger partial charge in [-0.25, -0.2) is 13.4 Å². The number of halogens is 1. The highest BCUT2D eigenvalue weighted by molar-refractivity contribution is 7.91. The summed E-state index contributed by atoms with van der Waals surface area (Å²) in [7, 11) is -3.49. The lowest BCUT2D eigenvalue weighted by atomic mass is 10.3. The molecule has 31 heavy (non-hydrogen) atoms. The number of rotatable bonds is 8. The molecule has 0 aliphatic rings. The zero-order chi connectivity index (χ0) is 21.8. The van der Waals surface area contributed by atoms with E-state index in [0.717, 1.165) is 10.2 Å². The summed E-state index contributed by atoms with van der Waals surface area (Å²) in [6, 6.07) is 17.2. The van der Waals surface area contributed by atoms with Crippen LogP contribution in [0, 0.1) is 0 Å². The Morgan fingerprint density at radius 2 is 1.84 bits per heavy atom. The van der Waals surface area contributed by atoms with Crippen LogP contribution in [0.5, 0.6) is 0 Å². The molecule has 0 saturated heterocycles. The monoisotopic (exact) mass is 474 g/mol. The van der Waals surface area contributed by atoms with Crippen LogP contribution in [-0.4, -0.2) is 25.1 Å². The van der Waals surface area contributed by atoms with Crippen molar-refractivity contribution in [3.63, 3.8) is 0 Å². The average Bonchev–Trinajstić information content (AvgIpc) is 3.41. The van der Waals surface area contributed by atoms with Crippen molar-refractivity contribution in [3.05, 3.63) is 77.7 Å². The van der Waals surface area contributed by atoms with Gasteiger partial charge in [0, 0.05) is 11.4 Å². The number of fused-ring (bicyclic) bond motifs is 1. The summed E-state index contributed by atoms with van der Waals surface area (Å²) >= 11 is 7.25. The van der Waals surface area contributed by atoms with E-state index in [2.05, 4.69) is 4.98 Å². The summed E-state index contributed by atoms with van der Waals surface area (Å²) in [4.78, 5) is 19.4. The molecule has 0 aliphatic carbocycles. The number of hydrogen-bond acceptors (Lipinski definition) is 6. The molecule has 6 nitrogen and oxygen atoms in total. The highest BCUT2D eigenvalue weighted by Gasteiger charge is 2.22. The van der Waals surface area contributed by atoms with Gasteiger partial charge in [-0.05, 0) is 55.0 Å². The lowest BCUT2D eigenvalue weighted by molar-refractivity contribution is -0.118. The van der Waals surface area contributed by atoms with Crippen LogP contribution in [-0.2, 0) is 21.2 Å². The average molecular weight is 475 g/mol. The maximum absolute atomic E-state index is 13.1. The molecule has 2 aromatic carbocycles. The van der Waals surface area contributed by atoms with Crippen molar-refractivity contribution in [2.75, 3.05) is 10.7 Å². The number of anilines is 1. The van der Waals surface area contributed by atoms with Crippen LogP contribution >= 0.6 is 22.9 Å². The minimum Gasteiger partial charge on any atom is -0.467 e. The number of amides is 1. The molecule has 0 unspecified atom stereocenters. The lowest BCUT2D eigenvalue weighted by Gasteiger charge is -2.18. The standard InChI is InChI=1S/C22H19ClN2O4S2/c23-16-9-11-18(12-10-16)31(27,28)14-4-8-21(26)25(15-17-5-3-13-29-17)22-24-19-6-1-2-7-20(19)30-22/h1-3,5-7,9-13H,4,8,14-15H2. The Kier molecular flexibility index (Phi) is 6.41. The van der Waals surface area contributed by atoms with Gasteiger partial charge in [-0.1, -0.05) is 35.1 Å². The Morgan fingerprint density at radius 1 is 1.06 bits per heavy atom. The number of thiazole rings is 1. The van der Waals surface area contributed by atoms with E-state index < -0.39 is 9.84 Å². The maximum Gasteiger partial charge on any atom is 0.229 e. The Morgan fingerprint density at radius 3 is 2.55 bits per heavy atom. The Labute approximate surface area is 189 Å². The number of para-hydroxylation sites is 1. The number of nitrogens with zero attached hydrogens (tertiary/aromatic N) is 2. The SMILES string of the molecule is O=C(CCCS(=O)(=O)c1ccc(Cl)cc1)N(Cc1ccco1)c1nc2ccccc2s1. The second-order valence-electron chi connectivity index (χ2n) is 6.90. The van der Waals surface area contributed by atoms with Gasteiger partial charge in [-0.2, -0.15) is 0 Å². The van der Waals surface area contributed by atoms with Crippen molar-refractivity contribution >= 4 is 54.0 Å². The normalized spacial score (nSPS) is 11.6. The van der Waals surface area contributed by atoms with Crippen molar-refractivity contribution in [2.24, 2.45) is 0 Å².